The predicted molar refractivity (Wildman–Crippen MR) is 81.1 cm³/mol. The molecule has 0 spiro atoms. The van der Waals surface area contributed by atoms with Gasteiger partial charge in [-0.1, -0.05) is 35.3 Å². The second kappa shape index (κ2) is 5.99. The SMILES string of the molecule is CS(=O)(=O)c1ccc(CNc2ncc(Cl)cc2Cl)cc1. The minimum Gasteiger partial charge on any atom is -0.365 e. The number of nitrogens with one attached hydrogen (secondary N) is 1. The van der Waals surface area contributed by atoms with Crippen molar-refractivity contribution in [2.75, 3.05) is 11.6 Å². The van der Waals surface area contributed by atoms with E-state index in [4.69, 9.17) is 23.2 Å². The summed E-state index contributed by atoms with van der Waals surface area (Å²) in [5.74, 6) is 0.531. The van der Waals surface area contributed by atoms with E-state index < -0.39 is 9.84 Å². The molecule has 0 amide bonds. The van der Waals surface area contributed by atoms with E-state index in [0.29, 0.717) is 27.3 Å². The molecule has 0 saturated heterocycles. The summed E-state index contributed by atoms with van der Waals surface area (Å²) in [5.41, 5.74) is 0.921. The van der Waals surface area contributed by atoms with Crippen molar-refractivity contribution in [1.82, 2.24) is 4.98 Å². The highest BCUT2D eigenvalue weighted by molar-refractivity contribution is 7.90. The third kappa shape index (κ3) is 3.85. The summed E-state index contributed by atoms with van der Waals surface area (Å²) in [6.07, 6.45) is 2.68. The average molecular weight is 331 g/mol. The third-order valence-electron chi connectivity index (χ3n) is 2.62. The minimum atomic E-state index is -3.17. The molecule has 0 atom stereocenters. The lowest BCUT2D eigenvalue weighted by Gasteiger charge is -2.08. The van der Waals surface area contributed by atoms with Crippen LogP contribution in [-0.2, 0) is 16.4 Å². The van der Waals surface area contributed by atoms with E-state index in [0.717, 1.165) is 5.56 Å². The van der Waals surface area contributed by atoms with Gasteiger partial charge in [0.1, 0.15) is 5.82 Å². The van der Waals surface area contributed by atoms with Gasteiger partial charge in [0, 0.05) is 19.0 Å². The Balaban J connectivity index is 2.08. The fraction of sp³-hybridized carbons (Fsp3) is 0.154. The molecule has 106 valence electrons. The summed E-state index contributed by atoms with van der Waals surface area (Å²) in [6, 6.07) is 8.23. The number of benzene rings is 1. The van der Waals surface area contributed by atoms with Crippen LogP contribution in [0.5, 0.6) is 0 Å². The van der Waals surface area contributed by atoms with Crippen molar-refractivity contribution in [3.8, 4) is 0 Å². The molecule has 0 fully saturated rings. The van der Waals surface area contributed by atoms with Crippen molar-refractivity contribution in [2.45, 2.75) is 11.4 Å². The van der Waals surface area contributed by atoms with Crippen LogP contribution in [0, 0.1) is 0 Å². The molecule has 2 rings (SSSR count). The van der Waals surface area contributed by atoms with Gasteiger partial charge in [-0.05, 0) is 23.8 Å². The van der Waals surface area contributed by atoms with Crippen LogP contribution in [0.1, 0.15) is 5.56 Å². The number of hydrogen-bond donors (Lipinski definition) is 1. The van der Waals surface area contributed by atoms with E-state index in [1.165, 1.54) is 12.5 Å². The van der Waals surface area contributed by atoms with Crippen molar-refractivity contribution in [2.24, 2.45) is 0 Å². The summed E-state index contributed by atoms with van der Waals surface area (Å²) in [7, 11) is -3.17. The Morgan fingerprint density at radius 2 is 1.85 bits per heavy atom. The zero-order valence-electron chi connectivity index (χ0n) is 10.6. The summed E-state index contributed by atoms with van der Waals surface area (Å²) in [6.45, 7) is 0.485. The fourth-order valence-electron chi connectivity index (χ4n) is 1.58. The van der Waals surface area contributed by atoms with E-state index in [-0.39, 0.29) is 0 Å². The molecule has 4 nitrogen and oxygen atoms in total. The van der Waals surface area contributed by atoms with Gasteiger partial charge in [0.05, 0.1) is 14.9 Å². The number of sulfone groups is 1. The lowest BCUT2D eigenvalue weighted by Crippen LogP contribution is -2.03. The maximum absolute atomic E-state index is 11.3. The first-order chi connectivity index (χ1) is 9.36. The second-order valence-corrected chi connectivity index (χ2v) is 7.11. The van der Waals surface area contributed by atoms with Crippen LogP contribution in [0.25, 0.3) is 0 Å². The Morgan fingerprint density at radius 1 is 1.20 bits per heavy atom. The Bertz CT molecular complexity index is 716. The summed E-state index contributed by atoms with van der Waals surface area (Å²) < 4.78 is 22.7. The zero-order valence-corrected chi connectivity index (χ0v) is 12.9. The van der Waals surface area contributed by atoms with Crippen molar-refractivity contribution in [1.29, 1.82) is 0 Å². The Morgan fingerprint density at radius 3 is 2.40 bits per heavy atom. The molecule has 7 heteroatoms. The van der Waals surface area contributed by atoms with E-state index in [9.17, 15) is 8.42 Å². The molecule has 0 aliphatic carbocycles. The monoisotopic (exact) mass is 330 g/mol. The van der Waals surface area contributed by atoms with E-state index in [2.05, 4.69) is 10.3 Å². The van der Waals surface area contributed by atoms with Crippen LogP contribution in [0.15, 0.2) is 41.4 Å². The average Bonchev–Trinajstić information content (AvgIpc) is 2.37. The van der Waals surface area contributed by atoms with E-state index >= 15 is 0 Å². The summed E-state index contributed by atoms with van der Waals surface area (Å²) in [4.78, 5) is 4.37. The molecule has 0 unspecified atom stereocenters. The van der Waals surface area contributed by atoms with Gasteiger partial charge in [0.15, 0.2) is 9.84 Å². The van der Waals surface area contributed by atoms with Gasteiger partial charge >= 0.3 is 0 Å². The van der Waals surface area contributed by atoms with Crippen molar-refractivity contribution in [3.63, 3.8) is 0 Å². The number of halogens is 2. The molecule has 20 heavy (non-hydrogen) atoms. The molecule has 0 radical (unpaired) electrons. The number of nitrogens with zero attached hydrogens (tertiary/aromatic N) is 1. The highest BCUT2D eigenvalue weighted by atomic mass is 35.5. The normalized spacial score (nSPS) is 11.3. The number of pyridine rings is 1. The smallest absolute Gasteiger partial charge is 0.175 e. The quantitative estimate of drug-likeness (QED) is 0.933. The number of anilines is 1. The zero-order chi connectivity index (χ0) is 14.8. The first kappa shape index (κ1) is 15.1. The Labute approximate surface area is 127 Å². The predicted octanol–water partition coefficient (Wildman–Crippen LogP) is 3.40. The molecule has 1 heterocycles. The first-order valence-corrected chi connectivity index (χ1v) is 8.35. The highest BCUT2D eigenvalue weighted by Crippen LogP contribution is 2.23. The van der Waals surface area contributed by atoms with Crippen molar-refractivity contribution >= 4 is 38.9 Å². The largest absolute Gasteiger partial charge is 0.365 e. The van der Waals surface area contributed by atoms with Gasteiger partial charge in [-0.3, -0.25) is 0 Å². The van der Waals surface area contributed by atoms with Gasteiger partial charge in [-0.2, -0.15) is 0 Å². The standard InChI is InChI=1S/C13H12Cl2N2O2S/c1-20(18,19)11-4-2-9(3-5-11)7-16-13-12(15)6-10(14)8-17-13/h2-6,8H,7H2,1H3,(H,16,17). The first-order valence-electron chi connectivity index (χ1n) is 5.70. The van der Waals surface area contributed by atoms with Crippen LogP contribution in [0.4, 0.5) is 5.82 Å². The van der Waals surface area contributed by atoms with Gasteiger partial charge in [0.2, 0.25) is 0 Å². The van der Waals surface area contributed by atoms with Crippen LogP contribution < -0.4 is 5.32 Å². The van der Waals surface area contributed by atoms with Gasteiger partial charge in [0.25, 0.3) is 0 Å². The molecular formula is C13H12Cl2N2O2S. The molecular weight excluding hydrogens is 319 g/mol. The van der Waals surface area contributed by atoms with Gasteiger partial charge in [-0.15, -0.1) is 0 Å². The van der Waals surface area contributed by atoms with E-state index in [1.54, 1.807) is 30.3 Å². The van der Waals surface area contributed by atoms with Crippen molar-refractivity contribution in [3.05, 3.63) is 52.1 Å². The maximum Gasteiger partial charge on any atom is 0.175 e. The minimum absolute atomic E-state index is 0.295. The molecule has 0 aliphatic rings. The molecule has 2 aromatic rings. The topological polar surface area (TPSA) is 59.1 Å². The molecule has 1 aromatic heterocycles. The van der Waals surface area contributed by atoms with E-state index in [1.807, 2.05) is 0 Å². The number of aromatic nitrogens is 1. The summed E-state index contributed by atoms with van der Waals surface area (Å²) >= 11 is 11.8. The number of hydrogen-bond acceptors (Lipinski definition) is 4. The van der Waals surface area contributed by atoms with Gasteiger partial charge < -0.3 is 5.32 Å². The maximum atomic E-state index is 11.3. The Kier molecular flexibility index (Phi) is 4.52. The summed E-state index contributed by atoms with van der Waals surface area (Å²) in [5, 5.41) is 3.97. The molecule has 1 aromatic carbocycles. The fourth-order valence-corrected chi connectivity index (χ4v) is 2.66. The third-order valence-corrected chi connectivity index (χ3v) is 4.24. The van der Waals surface area contributed by atoms with Crippen LogP contribution in [-0.4, -0.2) is 19.7 Å². The van der Waals surface area contributed by atoms with Crippen LogP contribution in [0.2, 0.25) is 10.0 Å². The Hall–Kier alpha value is -1.30. The van der Waals surface area contributed by atoms with Crippen LogP contribution >= 0.6 is 23.2 Å². The molecule has 0 saturated carbocycles. The van der Waals surface area contributed by atoms with Crippen LogP contribution in [0.3, 0.4) is 0 Å². The lowest BCUT2D eigenvalue weighted by molar-refractivity contribution is 0.602. The van der Waals surface area contributed by atoms with Crippen molar-refractivity contribution < 1.29 is 8.42 Å². The molecule has 0 aliphatic heterocycles. The highest BCUT2D eigenvalue weighted by Gasteiger charge is 2.07. The second-order valence-electron chi connectivity index (χ2n) is 4.25. The molecule has 1 N–H and O–H groups in total. The lowest BCUT2D eigenvalue weighted by atomic mass is 10.2. The van der Waals surface area contributed by atoms with Gasteiger partial charge in [-0.25, -0.2) is 13.4 Å². The molecule has 0 bridgehead atoms. The number of rotatable bonds is 4.